The Morgan fingerprint density at radius 3 is 2.26 bits per heavy atom. The Balaban J connectivity index is 1.52. The maximum absolute atomic E-state index is 10.8. The zero-order valence-corrected chi connectivity index (χ0v) is 11.1. The normalized spacial score (nSPS) is 21.5. The van der Waals surface area contributed by atoms with Crippen LogP contribution in [0, 0.1) is 0 Å². The van der Waals surface area contributed by atoms with Gasteiger partial charge in [0, 0.05) is 38.8 Å². The van der Waals surface area contributed by atoms with Crippen LogP contribution < -0.4 is 0 Å². The lowest BCUT2D eigenvalue weighted by atomic mass is 10.1. The lowest BCUT2D eigenvalue weighted by Gasteiger charge is -2.34. The first kappa shape index (κ1) is 12.6. The van der Waals surface area contributed by atoms with E-state index in [4.69, 9.17) is 5.11 Å². The summed E-state index contributed by atoms with van der Waals surface area (Å²) in [5.74, 6) is -0.857. The fourth-order valence-electron chi connectivity index (χ4n) is 2.74. The maximum atomic E-state index is 10.8. The van der Waals surface area contributed by atoms with Gasteiger partial charge in [0.2, 0.25) is 0 Å². The van der Waals surface area contributed by atoms with Crippen LogP contribution in [0.3, 0.4) is 0 Å². The molecule has 0 atom stereocenters. The quantitative estimate of drug-likeness (QED) is 0.894. The van der Waals surface area contributed by atoms with Crippen molar-refractivity contribution < 1.29 is 9.90 Å². The predicted octanol–water partition coefficient (Wildman–Crippen LogP) is 1.66. The molecular weight excluding hydrogens is 240 g/mol. The van der Waals surface area contributed by atoms with Crippen molar-refractivity contribution in [2.24, 2.45) is 0 Å². The van der Waals surface area contributed by atoms with Crippen molar-refractivity contribution in [1.29, 1.82) is 0 Å². The summed E-state index contributed by atoms with van der Waals surface area (Å²) in [6.45, 7) is 5.53. The fourth-order valence-corrected chi connectivity index (χ4v) is 2.74. The van der Waals surface area contributed by atoms with Crippen LogP contribution in [0.2, 0.25) is 0 Å². The molecule has 3 rings (SSSR count). The number of rotatable bonds is 4. The smallest absolute Gasteiger partial charge is 0.335 e. The van der Waals surface area contributed by atoms with Gasteiger partial charge in [-0.25, -0.2) is 4.79 Å². The summed E-state index contributed by atoms with van der Waals surface area (Å²) in [6, 6.07) is 8.11. The molecule has 1 aliphatic heterocycles. The van der Waals surface area contributed by atoms with Crippen molar-refractivity contribution in [3.8, 4) is 0 Å². The Morgan fingerprint density at radius 2 is 1.74 bits per heavy atom. The van der Waals surface area contributed by atoms with Gasteiger partial charge in [-0.05, 0) is 30.5 Å². The molecule has 0 unspecified atom stereocenters. The second-order valence-corrected chi connectivity index (χ2v) is 5.55. The van der Waals surface area contributed by atoms with Crippen LogP contribution in [0.5, 0.6) is 0 Å². The van der Waals surface area contributed by atoms with E-state index in [-0.39, 0.29) is 0 Å². The predicted molar refractivity (Wildman–Crippen MR) is 73.3 cm³/mol. The molecule has 2 fully saturated rings. The van der Waals surface area contributed by atoms with E-state index < -0.39 is 5.97 Å². The first-order valence-corrected chi connectivity index (χ1v) is 7.01. The Bertz CT molecular complexity index is 446. The average Bonchev–Trinajstić information content (AvgIpc) is 3.25. The minimum Gasteiger partial charge on any atom is -0.478 e. The molecule has 0 radical (unpaired) electrons. The number of hydrogen-bond donors (Lipinski definition) is 1. The molecule has 1 saturated carbocycles. The summed E-state index contributed by atoms with van der Waals surface area (Å²) in [4.78, 5) is 15.8. The van der Waals surface area contributed by atoms with Crippen molar-refractivity contribution in [3.63, 3.8) is 0 Å². The molecule has 0 spiro atoms. The minimum atomic E-state index is -0.857. The summed E-state index contributed by atoms with van der Waals surface area (Å²) in [7, 11) is 0. The van der Waals surface area contributed by atoms with Crippen LogP contribution in [0.25, 0.3) is 0 Å². The minimum absolute atomic E-state index is 0.363. The van der Waals surface area contributed by atoms with Gasteiger partial charge in [0.05, 0.1) is 5.56 Å². The molecule has 19 heavy (non-hydrogen) atoms. The zero-order chi connectivity index (χ0) is 13.2. The zero-order valence-electron chi connectivity index (χ0n) is 11.1. The third-order valence-electron chi connectivity index (χ3n) is 4.08. The third-order valence-corrected chi connectivity index (χ3v) is 4.08. The molecule has 4 nitrogen and oxygen atoms in total. The van der Waals surface area contributed by atoms with Crippen LogP contribution >= 0.6 is 0 Å². The Labute approximate surface area is 113 Å². The van der Waals surface area contributed by atoms with Gasteiger partial charge in [-0.15, -0.1) is 0 Å². The highest BCUT2D eigenvalue weighted by Gasteiger charge is 2.30. The first-order chi connectivity index (χ1) is 9.22. The number of benzene rings is 1. The lowest BCUT2D eigenvalue weighted by Crippen LogP contribution is -2.46. The van der Waals surface area contributed by atoms with E-state index in [2.05, 4.69) is 9.80 Å². The molecule has 1 N–H and O–H groups in total. The van der Waals surface area contributed by atoms with Gasteiger partial charge in [0.25, 0.3) is 0 Å². The second-order valence-electron chi connectivity index (χ2n) is 5.55. The van der Waals surface area contributed by atoms with Crippen LogP contribution in [0.1, 0.15) is 28.8 Å². The highest BCUT2D eigenvalue weighted by molar-refractivity contribution is 5.87. The van der Waals surface area contributed by atoms with Crippen LogP contribution in [0.4, 0.5) is 0 Å². The van der Waals surface area contributed by atoms with Crippen LogP contribution in [-0.2, 0) is 6.54 Å². The number of carboxylic acids is 1. The molecular formula is C15H20N2O2. The Morgan fingerprint density at radius 1 is 1.11 bits per heavy atom. The third kappa shape index (κ3) is 3.14. The van der Waals surface area contributed by atoms with Gasteiger partial charge >= 0.3 is 5.97 Å². The van der Waals surface area contributed by atoms with Crippen molar-refractivity contribution >= 4 is 5.97 Å². The molecule has 1 heterocycles. The van der Waals surface area contributed by atoms with E-state index in [1.165, 1.54) is 31.5 Å². The fraction of sp³-hybridized carbons (Fsp3) is 0.533. The molecule has 4 heteroatoms. The van der Waals surface area contributed by atoms with Gasteiger partial charge in [-0.1, -0.05) is 12.1 Å². The first-order valence-electron chi connectivity index (χ1n) is 7.01. The van der Waals surface area contributed by atoms with E-state index in [0.29, 0.717) is 5.56 Å². The van der Waals surface area contributed by atoms with Crippen LogP contribution in [-0.4, -0.2) is 53.1 Å². The molecule has 0 aromatic heterocycles. The summed E-state index contributed by atoms with van der Waals surface area (Å²) in [5, 5.41) is 8.87. The maximum Gasteiger partial charge on any atom is 0.335 e. The average molecular weight is 260 g/mol. The number of hydrogen-bond acceptors (Lipinski definition) is 3. The van der Waals surface area contributed by atoms with Crippen molar-refractivity contribution in [3.05, 3.63) is 35.4 Å². The number of carboxylic acid groups (broad SMARTS) is 1. The summed E-state index contributed by atoms with van der Waals surface area (Å²) in [5.41, 5.74) is 1.56. The summed E-state index contributed by atoms with van der Waals surface area (Å²) < 4.78 is 0. The molecule has 0 amide bonds. The monoisotopic (exact) mass is 260 g/mol. The number of piperazine rings is 1. The molecule has 1 aliphatic carbocycles. The SMILES string of the molecule is O=C(O)c1ccc(CN2CCN(C3CC3)CC2)cc1. The molecule has 1 aromatic carbocycles. The number of nitrogens with zero attached hydrogens (tertiary/aromatic N) is 2. The number of carbonyl (C=O) groups is 1. The van der Waals surface area contributed by atoms with E-state index in [1.54, 1.807) is 12.1 Å². The van der Waals surface area contributed by atoms with E-state index in [0.717, 1.165) is 25.7 Å². The molecule has 2 aliphatic rings. The van der Waals surface area contributed by atoms with E-state index >= 15 is 0 Å². The highest BCUT2D eigenvalue weighted by Crippen LogP contribution is 2.27. The second kappa shape index (κ2) is 5.31. The van der Waals surface area contributed by atoms with Gasteiger partial charge in [-0.2, -0.15) is 0 Å². The van der Waals surface area contributed by atoms with E-state index in [1.807, 2.05) is 12.1 Å². The molecule has 0 bridgehead atoms. The highest BCUT2D eigenvalue weighted by atomic mass is 16.4. The van der Waals surface area contributed by atoms with Gasteiger partial charge in [-0.3, -0.25) is 9.80 Å². The summed E-state index contributed by atoms with van der Waals surface area (Å²) >= 11 is 0. The van der Waals surface area contributed by atoms with E-state index in [9.17, 15) is 4.79 Å². The lowest BCUT2D eigenvalue weighted by molar-refractivity contribution is 0.0697. The molecule has 102 valence electrons. The topological polar surface area (TPSA) is 43.8 Å². The van der Waals surface area contributed by atoms with Gasteiger partial charge in [0.15, 0.2) is 0 Å². The van der Waals surface area contributed by atoms with Crippen LogP contribution in [0.15, 0.2) is 24.3 Å². The van der Waals surface area contributed by atoms with Crippen molar-refractivity contribution in [2.45, 2.75) is 25.4 Å². The van der Waals surface area contributed by atoms with Crippen molar-refractivity contribution in [1.82, 2.24) is 9.80 Å². The van der Waals surface area contributed by atoms with Gasteiger partial charge in [0.1, 0.15) is 0 Å². The van der Waals surface area contributed by atoms with Crippen molar-refractivity contribution in [2.75, 3.05) is 26.2 Å². The standard InChI is InChI=1S/C15H20N2O2/c18-15(19)13-3-1-12(2-4-13)11-16-7-9-17(10-8-16)14-5-6-14/h1-4,14H,5-11H2,(H,18,19). The Hall–Kier alpha value is -1.39. The Kier molecular flexibility index (Phi) is 3.53. The molecule has 1 aromatic rings. The largest absolute Gasteiger partial charge is 0.478 e. The number of aromatic carboxylic acids is 1. The summed E-state index contributed by atoms with van der Waals surface area (Å²) in [6.07, 6.45) is 2.77. The van der Waals surface area contributed by atoms with Gasteiger partial charge < -0.3 is 5.11 Å². The molecule has 1 saturated heterocycles.